The molecule has 0 saturated carbocycles. The Balaban J connectivity index is 1.79. The number of nitrogens with one attached hydrogen (secondary N) is 2. The lowest BCUT2D eigenvalue weighted by molar-refractivity contribution is 0.0953. The third-order valence-corrected chi connectivity index (χ3v) is 4.57. The van der Waals surface area contributed by atoms with E-state index in [0.29, 0.717) is 25.5 Å². The molecule has 1 aromatic heterocycles. The van der Waals surface area contributed by atoms with Crippen LogP contribution in [0.15, 0.2) is 47.6 Å². The van der Waals surface area contributed by atoms with Gasteiger partial charge < -0.3 is 10.6 Å². The molecule has 0 aliphatic carbocycles. The first-order valence-corrected chi connectivity index (χ1v) is 8.87. The van der Waals surface area contributed by atoms with E-state index >= 15 is 0 Å². The smallest absolute Gasteiger partial charge is 0.341 e. The minimum Gasteiger partial charge on any atom is -0.354 e. The van der Waals surface area contributed by atoms with Gasteiger partial charge in [-0.05, 0) is 36.8 Å². The number of aromatic nitrogens is 2. The maximum Gasteiger partial charge on any atom is 0.341 e. The number of hydrogen-bond donors (Lipinski definition) is 2. The first kappa shape index (κ1) is 18.7. The van der Waals surface area contributed by atoms with Gasteiger partial charge in [-0.1, -0.05) is 0 Å². The SMILES string of the molecule is O=C(NCCCNc1ncccn1)c1ccc(S(=O)(=O)C(F)F)cc1. The molecule has 0 spiro atoms. The van der Waals surface area contributed by atoms with Gasteiger partial charge in [-0.2, -0.15) is 8.78 Å². The maximum absolute atomic E-state index is 12.4. The topological polar surface area (TPSA) is 101 Å². The molecule has 0 fully saturated rings. The van der Waals surface area contributed by atoms with E-state index in [-0.39, 0.29) is 5.56 Å². The largest absolute Gasteiger partial charge is 0.354 e. The summed E-state index contributed by atoms with van der Waals surface area (Å²) in [6.45, 7) is 0.922. The number of sulfone groups is 1. The van der Waals surface area contributed by atoms with Crippen LogP contribution in [0.1, 0.15) is 16.8 Å². The molecule has 1 amide bonds. The van der Waals surface area contributed by atoms with Crippen molar-refractivity contribution < 1.29 is 22.0 Å². The minimum atomic E-state index is -4.66. The first-order chi connectivity index (χ1) is 11.9. The van der Waals surface area contributed by atoms with Gasteiger partial charge in [0.25, 0.3) is 5.91 Å². The Kier molecular flexibility index (Phi) is 6.34. The number of alkyl halides is 2. The van der Waals surface area contributed by atoms with Crippen LogP contribution in [0.3, 0.4) is 0 Å². The lowest BCUT2D eigenvalue weighted by Crippen LogP contribution is -2.26. The molecule has 2 aromatic rings. The van der Waals surface area contributed by atoms with E-state index in [1.54, 1.807) is 18.5 Å². The molecule has 0 bridgehead atoms. The van der Waals surface area contributed by atoms with Crippen LogP contribution in [0.4, 0.5) is 14.7 Å². The van der Waals surface area contributed by atoms with Gasteiger partial charge in [-0.3, -0.25) is 4.79 Å². The third-order valence-electron chi connectivity index (χ3n) is 3.17. The second-order valence-corrected chi connectivity index (χ2v) is 6.86. The van der Waals surface area contributed by atoms with Crippen LogP contribution < -0.4 is 10.6 Å². The summed E-state index contributed by atoms with van der Waals surface area (Å²) >= 11 is 0. The summed E-state index contributed by atoms with van der Waals surface area (Å²) in [7, 11) is -4.66. The fourth-order valence-electron chi connectivity index (χ4n) is 1.88. The Hall–Kier alpha value is -2.62. The number of rotatable bonds is 8. The number of hydrogen-bond acceptors (Lipinski definition) is 6. The standard InChI is InChI=1S/C15H16F2N4O3S/c16-14(17)25(23,24)12-5-3-11(4-6-12)13(22)18-7-1-8-19-15-20-9-2-10-21-15/h2-6,9-10,14H,1,7-8H2,(H,18,22)(H,19,20,21). The molecular formula is C15H16F2N4O3S. The molecule has 1 aromatic carbocycles. The second-order valence-electron chi connectivity index (χ2n) is 4.94. The van der Waals surface area contributed by atoms with Crippen LogP contribution in [0.5, 0.6) is 0 Å². The minimum absolute atomic E-state index is 0.188. The predicted molar refractivity (Wildman–Crippen MR) is 87.1 cm³/mol. The summed E-state index contributed by atoms with van der Waals surface area (Å²) in [5.74, 6) is -3.42. The molecule has 0 atom stereocenters. The summed E-state index contributed by atoms with van der Waals surface area (Å²) in [4.78, 5) is 19.4. The lowest BCUT2D eigenvalue weighted by atomic mass is 10.2. The molecule has 0 saturated heterocycles. The number of amides is 1. The van der Waals surface area contributed by atoms with Gasteiger partial charge in [0.2, 0.25) is 15.8 Å². The van der Waals surface area contributed by atoms with E-state index in [0.717, 1.165) is 12.1 Å². The zero-order chi connectivity index (χ0) is 18.3. The highest BCUT2D eigenvalue weighted by Crippen LogP contribution is 2.18. The number of nitrogens with zero attached hydrogens (tertiary/aromatic N) is 2. The molecule has 0 radical (unpaired) electrons. The number of anilines is 1. The van der Waals surface area contributed by atoms with E-state index in [9.17, 15) is 22.0 Å². The van der Waals surface area contributed by atoms with Crippen molar-refractivity contribution in [1.29, 1.82) is 0 Å². The Labute approximate surface area is 143 Å². The number of carbonyl (C=O) groups is 1. The first-order valence-electron chi connectivity index (χ1n) is 7.32. The second kappa shape index (κ2) is 8.47. The lowest BCUT2D eigenvalue weighted by Gasteiger charge is -2.07. The summed E-state index contributed by atoms with van der Waals surface area (Å²) < 4.78 is 47.5. The average Bonchev–Trinajstić information content (AvgIpc) is 2.62. The van der Waals surface area contributed by atoms with Gasteiger partial charge in [-0.25, -0.2) is 18.4 Å². The van der Waals surface area contributed by atoms with Crippen LogP contribution in [-0.2, 0) is 9.84 Å². The van der Waals surface area contributed by atoms with Gasteiger partial charge in [0.15, 0.2) is 0 Å². The molecule has 25 heavy (non-hydrogen) atoms. The van der Waals surface area contributed by atoms with Crippen molar-refractivity contribution in [1.82, 2.24) is 15.3 Å². The third kappa shape index (κ3) is 5.18. The quantitative estimate of drug-likeness (QED) is 0.686. The van der Waals surface area contributed by atoms with Crippen molar-refractivity contribution in [3.63, 3.8) is 0 Å². The van der Waals surface area contributed by atoms with E-state index in [4.69, 9.17) is 0 Å². The van der Waals surface area contributed by atoms with E-state index in [1.165, 1.54) is 12.1 Å². The van der Waals surface area contributed by atoms with Crippen LogP contribution in [0, 0.1) is 0 Å². The number of carbonyl (C=O) groups excluding carboxylic acids is 1. The highest BCUT2D eigenvalue weighted by molar-refractivity contribution is 7.91. The summed E-state index contributed by atoms with van der Waals surface area (Å²) in [5.41, 5.74) is 0.188. The highest BCUT2D eigenvalue weighted by atomic mass is 32.2. The molecule has 2 rings (SSSR count). The van der Waals surface area contributed by atoms with Crippen LogP contribution in [0.25, 0.3) is 0 Å². The molecule has 7 nitrogen and oxygen atoms in total. The zero-order valence-corrected chi connectivity index (χ0v) is 13.8. The van der Waals surface area contributed by atoms with Gasteiger partial charge in [0.1, 0.15) is 0 Å². The van der Waals surface area contributed by atoms with Crippen LogP contribution >= 0.6 is 0 Å². The predicted octanol–water partition coefficient (Wildman–Crippen LogP) is 1.70. The summed E-state index contributed by atoms with van der Waals surface area (Å²) in [6, 6.07) is 6.07. The molecule has 10 heteroatoms. The van der Waals surface area contributed by atoms with Gasteiger partial charge in [-0.15, -0.1) is 0 Å². The molecule has 1 heterocycles. The zero-order valence-electron chi connectivity index (χ0n) is 13.0. The maximum atomic E-state index is 12.4. The molecule has 134 valence electrons. The average molecular weight is 370 g/mol. The molecule has 0 unspecified atom stereocenters. The Bertz CT molecular complexity index is 799. The van der Waals surface area contributed by atoms with E-state index < -0.39 is 26.4 Å². The highest BCUT2D eigenvalue weighted by Gasteiger charge is 2.26. The fourth-order valence-corrected chi connectivity index (χ4v) is 2.60. The normalized spacial score (nSPS) is 11.3. The van der Waals surface area contributed by atoms with Crippen LogP contribution in [-0.4, -0.2) is 43.1 Å². The van der Waals surface area contributed by atoms with Crippen molar-refractivity contribution in [2.45, 2.75) is 17.1 Å². The monoisotopic (exact) mass is 370 g/mol. The Morgan fingerprint density at radius 1 is 1.08 bits per heavy atom. The number of halogens is 2. The van der Waals surface area contributed by atoms with Crippen molar-refractivity contribution in [3.05, 3.63) is 48.3 Å². The molecule has 0 aliphatic rings. The molecule has 2 N–H and O–H groups in total. The molecular weight excluding hydrogens is 354 g/mol. The van der Waals surface area contributed by atoms with Gasteiger partial charge in [0, 0.05) is 31.0 Å². The van der Waals surface area contributed by atoms with Gasteiger partial charge >= 0.3 is 5.76 Å². The fraction of sp³-hybridized carbons (Fsp3) is 0.267. The summed E-state index contributed by atoms with van der Waals surface area (Å²) in [6.07, 6.45) is 3.83. The van der Waals surface area contributed by atoms with Crippen molar-refractivity contribution in [2.75, 3.05) is 18.4 Å². The van der Waals surface area contributed by atoms with Crippen LogP contribution in [0.2, 0.25) is 0 Å². The van der Waals surface area contributed by atoms with Gasteiger partial charge in [0.05, 0.1) is 4.90 Å². The summed E-state index contributed by atoms with van der Waals surface area (Å²) in [5, 5.41) is 5.63. The number of benzene rings is 1. The van der Waals surface area contributed by atoms with Crippen molar-refractivity contribution in [3.8, 4) is 0 Å². The Morgan fingerprint density at radius 2 is 1.72 bits per heavy atom. The molecule has 0 aliphatic heterocycles. The van der Waals surface area contributed by atoms with E-state index in [2.05, 4.69) is 20.6 Å². The van der Waals surface area contributed by atoms with E-state index in [1.807, 2.05) is 0 Å². The van der Waals surface area contributed by atoms with Crippen molar-refractivity contribution in [2.24, 2.45) is 0 Å². The van der Waals surface area contributed by atoms with Crippen molar-refractivity contribution >= 4 is 21.7 Å². The Morgan fingerprint density at radius 3 is 2.32 bits per heavy atom.